The minimum atomic E-state index is 0.172. The maximum Gasteiger partial charge on any atom is 0.124 e. The lowest BCUT2D eigenvalue weighted by Gasteiger charge is -2.16. The van der Waals surface area contributed by atoms with Crippen LogP contribution in [0.15, 0.2) is 146 Å². The third-order valence-corrected chi connectivity index (χ3v) is 10.4. The molecule has 54 heavy (non-hydrogen) atoms. The second kappa shape index (κ2) is 14.2. The number of rotatable bonds is 1. The Hall–Kier alpha value is -6.92. The van der Waals surface area contributed by atoms with Crippen molar-refractivity contribution in [2.45, 2.75) is 25.7 Å². The maximum atomic E-state index is 10.9. The van der Waals surface area contributed by atoms with Gasteiger partial charge in [-0.1, -0.05) is 133 Å². The zero-order valence-corrected chi connectivity index (χ0v) is 29.4. The fraction of sp³-hybridized carbons (Fsp3) is 0.0833. The van der Waals surface area contributed by atoms with Gasteiger partial charge in [0.05, 0.1) is 0 Å². The zero-order valence-electron chi connectivity index (χ0n) is 29.4. The van der Waals surface area contributed by atoms with Crippen LogP contribution in [-0.4, -0.2) is 30.6 Å². The molecule has 0 spiro atoms. The number of phenols is 6. The number of benzene rings is 8. The average molecular weight is 711 g/mol. The summed E-state index contributed by atoms with van der Waals surface area (Å²) in [6, 6.07) is 45.2. The quantitative estimate of drug-likeness (QED) is 0.101. The lowest BCUT2D eigenvalue weighted by molar-refractivity contribution is 0.450. The van der Waals surface area contributed by atoms with Crippen molar-refractivity contribution >= 4 is 21.5 Å². The second-order valence-corrected chi connectivity index (χ2v) is 13.8. The van der Waals surface area contributed by atoms with E-state index in [2.05, 4.69) is 0 Å². The van der Waals surface area contributed by atoms with Gasteiger partial charge in [0.1, 0.15) is 34.5 Å². The van der Waals surface area contributed by atoms with Gasteiger partial charge in [-0.05, 0) is 78.2 Å². The Bertz CT molecular complexity index is 2330. The zero-order chi connectivity index (χ0) is 37.3. The van der Waals surface area contributed by atoms with Gasteiger partial charge < -0.3 is 30.6 Å². The molecule has 8 aromatic carbocycles. The summed E-state index contributed by atoms with van der Waals surface area (Å²) in [5, 5.41) is 68.6. The molecule has 0 fully saturated rings. The average Bonchev–Trinajstić information content (AvgIpc) is 3.18. The summed E-state index contributed by atoms with van der Waals surface area (Å²) in [5.74, 6) is 1.05. The van der Waals surface area contributed by atoms with Crippen molar-refractivity contribution in [3.8, 4) is 45.6 Å². The smallest absolute Gasteiger partial charge is 0.124 e. The summed E-state index contributed by atoms with van der Waals surface area (Å²) in [4.78, 5) is 0. The number of hydrogen-bond acceptors (Lipinski definition) is 6. The molecule has 0 saturated heterocycles. The van der Waals surface area contributed by atoms with Gasteiger partial charge in [0.15, 0.2) is 0 Å². The van der Waals surface area contributed by atoms with E-state index in [0.717, 1.165) is 21.5 Å². The van der Waals surface area contributed by atoms with E-state index in [1.54, 1.807) is 12.1 Å². The molecule has 0 saturated carbocycles. The molecule has 0 atom stereocenters. The third-order valence-electron chi connectivity index (χ3n) is 10.4. The number of fused-ring (bicyclic) bond motifs is 10. The molecule has 0 heterocycles. The third kappa shape index (κ3) is 6.39. The number of para-hydroxylation sites is 4. The number of phenolic OH excluding ortho intramolecular Hbond substituents is 6. The van der Waals surface area contributed by atoms with E-state index >= 15 is 0 Å². The van der Waals surface area contributed by atoms with Crippen molar-refractivity contribution in [3.05, 3.63) is 190 Å². The first-order valence-electron chi connectivity index (χ1n) is 17.9. The first-order chi connectivity index (χ1) is 26.3. The molecule has 6 nitrogen and oxygen atoms in total. The van der Waals surface area contributed by atoms with E-state index in [1.165, 1.54) is 0 Å². The van der Waals surface area contributed by atoms with Crippen LogP contribution in [0.25, 0.3) is 32.7 Å². The summed E-state index contributed by atoms with van der Waals surface area (Å²) in [5.41, 5.74) is 7.03. The molecular formula is C48H38O6. The fourth-order valence-corrected chi connectivity index (χ4v) is 7.59. The topological polar surface area (TPSA) is 121 Å². The Morgan fingerprint density at radius 3 is 0.796 bits per heavy atom. The van der Waals surface area contributed by atoms with Crippen LogP contribution in [0.3, 0.4) is 0 Å². The first-order valence-corrected chi connectivity index (χ1v) is 17.9. The first kappa shape index (κ1) is 34.2. The van der Waals surface area contributed by atoms with Crippen LogP contribution in [0, 0.1) is 0 Å². The van der Waals surface area contributed by atoms with Crippen LogP contribution in [0.5, 0.6) is 34.5 Å². The van der Waals surface area contributed by atoms with Crippen molar-refractivity contribution in [3.63, 3.8) is 0 Å². The van der Waals surface area contributed by atoms with E-state index in [0.29, 0.717) is 81.3 Å². The van der Waals surface area contributed by atoms with Gasteiger partial charge >= 0.3 is 0 Å². The molecule has 1 aliphatic rings. The molecule has 0 amide bonds. The monoisotopic (exact) mass is 710 g/mol. The Kier molecular flexibility index (Phi) is 9.02. The Balaban J connectivity index is 0.000000164. The number of aromatic hydroxyl groups is 6. The molecule has 266 valence electrons. The lowest BCUT2D eigenvalue weighted by atomic mass is 9.91. The summed E-state index contributed by atoms with van der Waals surface area (Å²) in [7, 11) is 0. The second-order valence-electron chi connectivity index (χ2n) is 13.8. The van der Waals surface area contributed by atoms with Crippen molar-refractivity contribution in [2.75, 3.05) is 0 Å². The molecule has 0 radical (unpaired) electrons. The molecule has 6 heteroatoms. The van der Waals surface area contributed by atoms with Crippen LogP contribution in [0.2, 0.25) is 0 Å². The van der Waals surface area contributed by atoms with Gasteiger partial charge in [-0.3, -0.25) is 0 Å². The molecule has 9 rings (SSSR count). The number of hydrogen-bond donors (Lipinski definition) is 6. The Morgan fingerprint density at radius 1 is 0.259 bits per heavy atom. The molecule has 6 N–H and O–H groups in total. The van der Waals surface area contributed by atoms with Crippen molar-refractivity contribution in [1.82, 2.24) is 0 Å². The van der Waals surface area contributed by atoms with Crippen LogP contribution in [0.1, 0.15) is 44.5 Å². The van der Waals surface area contributed by atoms with E-state index < -0.39 is 0 Å². The summed E-state index contributed by atoms with van der Waals surface area (Å²) in [6.07, 6.45) is 1.49. The summed E-state index contributed by atoms with van der Waals surface area (Å²) < 4.78 is 0. The fourth-order valence-electron chi connectivity index (χ4n) is 7.59. The highest BCUT2D eigenvalue weighted by Gasteiger charge is 2.19. The minimum Gasteiger partial charge on any atom is -0.507 e. The van der Waals surface area contributed by atoms with Gasteiger partial charge in [-0.25, -0.2) is 0 Å². The van der Waals surface area contributed by atoms with Crippen LogP contribution < -0.4 is 0 Å². The maximum absolute atomic E-state index is 10.9. The van der Waals surface area contributed by atoms with Crippen LogP contribution >= 0.6 is 0 Å². The van der Waals surface area contributed by atoms with Crippen molar-refractivity contribution < 1.29 is 30.6 Å². The van der Waals surface area contributed by atoms with E-state index in [9.17, 15) is 30.6 Å². The molecule has 0 unspecified atom stereocenters. The highest BCUT2D eigenvalue weighted by Crippen LogP contribution is 2.44. The van der Waals surface area contributed by atoms with Gasteiger partial charge in [-0.2, -0.15) is 0 Å². The van der Waals surface area contributed by atoms with Crippen LogP contribution in [0.4, 0.5) is 0 Å². The predicted molar refractivity (Wildman–Crippen MR) is 214 cm³/mol. The summed E-state index contributed by atoms with van der Waals surface area (Å²) >= 11 is 0. The standard InChI is InChI=1S/C28H24O4.C20H14O2/c29-25-17-5-1-6-18(25)14-20-8-3-10-22(27(20)31)16-24-12-4-11-23(28(24)32)15-21-9-2-7-19(13-17)26(21)30;21-17-11-9-13-5-1-3-7-15(13)19(17)20-16-8-4-2-6-14(16)10-12-18(20)22/h1-12,29-32H,13-16H2;1-12,21-22H. The normalized spacial score (nSPS) is 12.2. The van der Waals surface area contributed by atoms with Gasteiger partial charge in [0.2, 0.25) is 0 Å². The van der Waals surface area contributed by atoms with E-state index in [-0.39, 0.29) is 34.5 Å². The molecule has 0 aromatic heterocycles. The SMILES string of the molecule is Oc1c2cccc1Cc1cccc(c1O)Cc1cccc(c1O)Cc1cccc(c1O)C2.Oc1ccc2ccccc2c1-c1c(O)ccc2ccccc12. The predicted octanol–water partition coefficient (Wildman–Crippen LogP) is 10.3. The molecule has 0 aliphatic heterocycles. The van der Waals surface area contributed by atoms with Gasteiger partial charge in [0, 0.05) is 36.8 Å². The van der Waals surface area contributed by atoms with Gasteiger partial charge in [-0.15, -0.1) is 0 Å². The molecule has 8 aromatic rings. The van der Waals surface area contributed by atoms with Crippen molar-refractivity contribution in [2.24, 2.45) is 0 Å². The highest BCUT2D eigenvalue weighted by molar-refractivity contribution is 6.09. The van der Waals surface area contributed by atoms with E-state index in [1.807, 2.05) is 133 Å². The van der Waals surface area contributed by atoms with Crippen LogP contribution in [-0.2, 0) is 25.7 Å². The lowest BCUT2D eigenvalue weighted by Crippen LogP contribution is -2.00. The molecular weight excluding hydrogens is 673 g/mol. The van der Waals surface area contributed by atoms with E-state index in [4.69, 9.17) is 0 Å². The Labute approximate surface area is 312 Å². The highest BCUT2D eigenvalue weighted by atomic mass is 16.3. The minimum absolute atomic E-state index is 0.172. The largest absolute Gasteiger partial charge is 0.507 e. The molecule has 8 bridgehead atoms. The van der Waals surface area contributed by atoms with Crippen molar-refractivity contribution in [1.29, 1.82) is 0 Å². The molecule has 1 aliphatic carbocycles. The summed E-state index contributed by atoms with van der Waals surface area (Å²) in [6.45, 7) is 0. The van der Waals surface area contributed by atoms with Gasteiger partial charge in [0.25, 0.3) is 0 Å². The Morgan fingerprint density at radius 2 is 0.519 bits per heavy atom.